The van der Waals surface area contributed by atoms with Crippen LogP contribution in [0.3, 0.4) is 0 Å². The highest BCUT2D eigenvalue weighted by atomic mass is 32.1. The number of methoxy groups -OCH3 is 1. The van der Waals surface area contributed by atoms with Gasteiger partial charge in [-0.3, -0.25) is 5.43 Å². The minimum Gasteiger partial charge on any atom is -0.496 e. The molecule has 22 heavy (non-hydrogen) atoms. The Hall–Kier alpha value is -2.66. The number of rotatable bonds is 5. The van der Waals surface area contributed by atoms with E-state index in [2.05, 4.69) is 15.5 Å². The molecule has 0 bridgehead atoms. The van der Waals surface area contributed by atoms with Crippen molar-refractivity contribution in [2.75, 3.05) is 12.5 Å². The molecule has 0 saturated heterocycles. The quantitative estimate of drug-likeness (QED) is 0.560. The fraction of sp³-hybridized carbons (Fsp3) is 0.0588. The van der Waals surface area contributed by atoms with Gasteiger partial charge in [0.05, 0.1) is 17.3 Å². The summed E-state index contributed by atoms with van der Waals surface area (Å²) in [5.41, 5.74) is 4.94. The molecule has 0 spiro atoms. The number of thiazole rings is 1. The molecule has 0 aliphatic rings. The maximum Gasteiger partial charge on any atom is 0.204 e. The van der Waals surface area contributed by atoms with Crippen LogP contribution in [0.25, 0.3) is 16.3 Å². The van der Waals surface area contributed by atoms with E-state index in [0.717, 1.165) is 26.7 Å². The minimum absolute atomic E-state index is 0.781. The Kier molecular flexibility index (Phi) is 4.46. The first-order valence-corrected chi connectivity index (χ1v) is 7.63. The topological polar surface area (TPSA) is 46.5 Å². The van der Waals surface area contributed by atoms with E-state index in [1.807, 2.05) is 60.7 Å². The molecule has 1 aromatic heterocycles. The third-order valence-corrected chi connectivity index (χ3v) is 3.97. The van der Waals surface area contributed by atoms with E-state index in [1.54, 1.807) is 24.7 Å². The van der Waals surface area contributed by atoms with Gasteiger partial charge in [0.2, 0.25) is 5.13 Å². The maximum atomic E-state index is 5.29. The Morgan fingerprint density at radius 3 is 2.82 bits per heavy atom. The van der Waals surface area contributed by atoms with Crippen LogP contribution in [-0.4, -0.2) is 18.3 Å². The van der Waals surface area contributed by atoms with Gasteiger partial charge >= 0.3 is 0 Å². The Labute approximate surface area is 132 Å². The standard InChI is InChI=1S/C17H15N3OS/c1-21-15-10-4-2-7-13(15)8-6-12-18-20-17-19-14-9-3-5-11-16(14)22-17/h2-12H,1H3,(H,19,20)/b8-6+,18-12+. The smallest absolute Gasteiger partial charge is 0.204 e. The normalized spacial score (nSPS) is 11.5. The summed E-state index contributed by atoms with van der Waals surface area (Å²) >= 11 is 1.58. The third-order valence-electron chi connectivity index (χ3n) is 3.03. The molecule has 2 aromatic carbocycles. The van der Waals surface area contributed by atoms with E-state index in [1.165, 1.54) is 0 Å². The number of aromatic nitrogens is 1. The maximum absolute atomic E-state index is 5.29. The molecule has 3 rings (SSSR count). The molecule has 0 atom stereocenters. The zero-order valence-electron chi connectivity index (χ0n) is 12.1. The van der Waals surface area contributed by atoms with Crippen molar-refractivity contribution in [3.8, 4) is 5.75 Å². The molecule has 4 nitrogen and oxygen atoms in total. The molecule has 3 aromatic rings. The Morgan fingerprint density at radius 2 is 1.95 bits per heavy atom. The minimum atomic E-state index is 0.781. The van der Waals surface area contributed by atoms with Crippen molar-refractivity contribution < 1.29 is 4.74 Å². The molecule has 0 aliphatic carbocycles. The van der Waals surface area contributed by atoms with Gasteiger partial charge < -0.3 is 4.74 Å². The average molecular weight is 309 g/mol. The number of benzene rings is 2. The summed E-state index contributed by atoms with van der Waals surface area (Å²) in [6.07, 6.45) is 5.50. The van der Waals surface area contributed by atoms with Gasteiger partial charge in [-0.25, -0.2) is 4.98 Å². The van der Waals surface area contributed by atoms with E-state index < -0.39 is 0 Å². The van der Waals surface area contributed by atoms with Crippen LogP contribution in [0, 0.1) is 0 Å². The zero-order chi connectivity index (χ0) is 15.2. The van der Waals surface area contributed by atoms with Crippen LogP contribution in [-0.2, 0) is 0 Å². The van der Waals surface area contributed by atoms with Crippen molar-refractivity contribution in [3.63, 3.8) is 0 Å². The molecule has 0 radical (unpaired) electrons. The lowest BCUT2D eigenvalue weighted by atomic mass is 10.2. The van der Waals surface area contributed by atoms with Gasteiger partial charge in [-0.1, -0.05) is 41.7 Å². The van der Waals surface area contributed by atoms with Crippen LogP contribution in [0.4, 0.5) is 5.13 Å². The highest BCUT2D eigenvalue weighted by molar-refractivity contribution is 7.22. The first-order chi connectivity index (χ1) is 10.9. The number of allylic oxidation sites excluding steroid dienone is 1. The number of ether oxygens (including phenoxy) is 1. The van der Waals surface area contributed by atoms with Gasteiger partial charge in [0.25, 0.3) is 0 Å². The highest BCUT2D eigenvalue weighted by Crippen LogP contribution is 2.25. The number of hydrazone groups is 1. The van der Waals surface area contributed by atoms with Crippen LogP contribution in [0.15, 0.2) is 59.7 Å². The molecule has 0 aliphatic heterocycles. The summed E-state index contributed by atoms with van der Waals surface area (Å²) in [5.74, 6) is 0.839. The summed E-state index contributed by atoms with van der Waals surface area (Å²) in [4.78, 5) is 4.45. The zero-order valence-corrected chi connectivity index (χ0v) is 12.9. The lowest BCUT2D eigenvalue weighted by Gasteiger charge is -2.02. The van der Waals surface area contributed by atoms with Gasteiger partial charge in [0.15, 0.2) is 0 Å². The van der Waals surface area contributed by atoms with Gasteiger partial charge in [0.1, 0.15) is 5.75 Å². The van der Waals surface area contributed by atoms with E-state index in [9.17, 15) is 0 Å². The summed E-state index contributed by atoms with van der Waals surface area (Å²) in [6, 6.07) is 15.8. The number of hydrogen-bond donors (Lipinski definition) is 1. The average Bonchev–Trinajstić information content (AvgIpc) is 2.97. The molecule has 0 fully saturated rings. The first kappa shape index (κ1) is 14.3. The summed E-state index contributed by atoms with van der Waals surface area (Å²) < 4.78 is 6.43. The Balaban J connectivity index is 1.63. The van der Waals surface area contributed by atoms with E-state index >= 15 is 0 Å². The van der Waals surface area contributed by atoms with Gasteiger partial charge in [-0.15, -0.1) is 0 Å². The fourth-order valence-electron chi connectivity index (χ4n) is 2.01. The second-order valence-electron chi connectivity index (χ2n) is 4.48. The van der Waals surface area contributed by atoms with Crippen molar-refractivity contribution in [2.24, 2.45) is 5.10 Å². The fourth-order valence-corrected chi connectivity index (χ4v) is 2.82. The van der Waals surface area contributed by atoms with Crippen LogP contribution in [0.5, 0.6) is 5.75 Å². The first-order valence-electron chi connectivity index (χ1n) is 6.81. The summed E-state index contributed by atoms with van der Waals surface area (Å²) in [5, 5.41) is 4.93. The molecular weight excluding hydrogens is 294 g/mol. The van der Waals surface area contributed by atoms with Crippen LogP contribution in [0.2, 0.25) is 0 Å². The molecule has 0 saturated carbocycles. The molecule has 1 heterocycles. The predicted octanol–water partition coefficient (Wildman–Crippen LogP) is 4.42. The van der Waals surface area contributed by atoms with Crippen molar-refractivity contribution in [3.05, 3.63) is 60.2 Å². The lowest BCUT2D eigenvalue weighted by Crippen LogP contribution is -1.87. The Bertz CT molecular complexity index is 790. The largest absolute Gasteiger partial charge is 0.496 e. The van der Waals surface area contributed by atoms with Gasteiger partial charge in [-0.2, -0.15) is 5.10 Å². The summed E-state index contributed by atoms with van der Waals surface area (Å²) in [7, 11) is 1.66. The number of nitrogens with one attached hydrogen (secondary N) is 1. The summed E-state index contributed by atoms with van der Waals surface area (Å²) in [6.45, 7) is 0. The van der Waals surface area contributed by atoms with Crippen molar-refractivity contribution in [1.29, 1.82) is 0 Å². The number of anilines is 1. The molecule has 0 amide bonds. The third kappa shape index (κ3) is 3.32. The number of para-hydroxylation sites is 2. The predicted molar refractivity (Wildman–Crippen MR) is 93.8 cm³/mol. The van der Waals surface area contributed by atoms with Crippen molar-refractivity contribution in [1.82, 2.24) is 4.98 Å². The number of hydrogen-bond acceptors (Lipinski definition) is 5. The number of nitrogens with zero attached hydrogens (tertiary/aromatic N) is 2. The monoisotopic (exact) mass is 309 g/mol. The molecule has 5 heteroatoms. The van der Waals surface area contributed by atoms with Crippen molar-refractivity contribution in [2.45, 2.75) is 0 Å². The van der Waals surface area contributed by atoms with Gasteiger partial charge in [-0.05, 0) is 30.4 Å². The van der Waals surface area contributed by atoms with Gasteiger partial charge in [0, 0.05) is 11.8 Å². The van der Waals surface area contributed by atoms with Crippen LogP contribution >= 0.6 is 11.3 Å². The van der Waals surface area contributed by atoms with Crippen molar-refractivity contribution >= 4 is 39.0 Å². The van der Waals surface area contributed by atoms with Crippen LogP contribution < -0.4 is 10.2 Å². The molecular formula is C17H15N3OS. The van der Waals surface area contributed by atoms with E-state index in [0.29, 0.717) is 0 Å². The van der Waals surface area contributed by atoms with Crippen LogP contribution in [0.1, 0.15) is 5.56 Å². The van der Waals surface area contributed by atoms with E-state index in [-0.39, 0.29) is 0 Å². The molecule has 1 N–H and O–H groups in total. The molecule has 0 unspecified atom stereocenters. The SMILES string of the molecule is COc1ccccc1/C=C/C=N/Nc1nc2ccccc2s1. The number of fused-ring (bicyclic) bond motifs is 1. The second kappa shape index (κ2) is 6.87. The lowest BCUT2D eigenvalue weighted by molar-refractivity contribution is 0.414. The Morgan fingerprint density at radius 1 is 1.14 bits per heavy atom. The highest BCUT2D eigenvalue weighted by Gasteiger charge is 2.00. The van der Waals surface area contributed by atoms with E-state index in [4.69, 9.17) is 4.74 Å². The molecule has 110 valence electrons. The second-order valence-corrected chi connectivity index (χ2v) is 5.51.